The van der Waals surface area contributed by atoms with Crippen molar-refractivity contribution in [1.82, 2.24) is 9.78 Å². The van der Waals surface area contributed by atoms with E-state index in [1.165, 1.54) is 11.8 Å². The molecule has 8 heteroatoms. The van der Waals surface area contributed by atoms with Crippen molar-refractivity contribution in [2.45, 2.75) is 20.3 Å². The third-order valence-corrected chi connectivity index (χ3v) is 4.00. The minimum Gasteiger partial charge on any atom is -0.469 e. The number of carbonyl (C=O) groups is 1. The maximum Gasteiger partial charge on any atom is 0.334 e. The Morgan fingerprint density at radius 2 is 2.19 bits per heavy atom. The first-order chi connectivity index (χ1) is 9.90. The van der Waals surface area contributed by atoms with Gasteiger partial charge in [0.1, 0.15) is 5.69 Å². The van der Waals surface area contributed by atoms with Crippen LogP contribution in [-0.4, -0.2) is 40.9 Å². The molecule has 1 aliphatic heterocycles. The van der Waals surface area contributed by atoms with E-state index in [2.05, 4.69) is 5.10 Å². The zero-order valence-electron chi connectivity index (χ0n) is 12.7. The fourth-order valence-corrected chi connectivity index (χ4v) is 2.94. The second kappa shape index (κ2) is 5.71. The summed E-state index contributed by atoms with van der Waals surface area (Å²) in [7, 11) is 3.05. The molecular weight excluding hydrogens is 276 g/mol. The van der Waals surface area contributed by atoms with E-state index in [-0.39, 0.29) is 23.5 Å². The molecule has 2 unspecified atom stereocenters. The van der Waals surface area contributed by atoms with Crippen molar-refractivity contribution >= 4 is 17.5 Å². The summed E-state index contributed by atoms with van der Waals surface area (Å²) in [6.45, 7) is 4.77. The number of aryl methyl sites for hydroxylation is 2. The van der Waals surface area contributed by atoms with E-state index in [1.807, 2.05) is 18.7 Å². The van der Waals surface area contributed by atoms with Crippen LogP contribution >= 0.6 is 0 Å². The van der Waals surface area contributed by atoms with Crippen LogP contribution in [0.3, 0.4) is 0 Å². The summed E-state index contributed by atoms with van der Waals surface area (Å²) < 4.78 is 6.33. The highest BCUT2D eigenvalue weighted by Crippen LogP contribution is 2.36. The lowest BCUT2D eigenvalue weighted by atomic mass is 9.99. The van der Waals surface area contributed by atoms with Gasteiger partial charge in [0.2, 0.25) is 5.82 Å². The van der Waals surface area contributed by atoms with E-state index >= 15 is 0 Å². The number of carbonyl (C=O) groups excluding carboxylic acids is 1. The highest BCUT2D eigenvalue weighted by Gasteiger charge is 2.40. The molecule has 1 fully saturated rings. The second-order valence-corrected chi connectivity index (χ2v) is 5.37. The molecule has 0 aromatic carbocycles. The Balaban J connectivity index is 2.38. The van der Waals surface area contributed by atoms with Crippen LogP contribution in [0.5, 0.6) is 0 Å². The monoisotopic (exact) mass is 296 g/mol. The Morgan fingerprint density at radius 1 is 1.52 bits per heavy atom. The van der Waals surface area contributed by atoms with E-state index in [0.29, 0.717) is 31.0 Å². The van der Waals surface area contributed by atoms with Crippen LogP contribution < -0.4 is 4.90 Å². The van der Waals surface area contributed by atoms with Gasteiger partial charge in [-0.1, -0.05) is 13.8 Å². The van der Waals surface area contributed by atoms with Crippen molar-refractivity contribution in [3.8, 4) is 0 Å². The van der Waals surface area contributed by atoms with Crippen LogP contribution in [0.15, 0.2) is 0 Å². The summed E-state index contributed by atoms with van der Waals surface area (Å²) in [6.07, 6.45) is 0.494. The molecule has 8 nitrogen and oxygen atoms in total. The number of anilines is 1. The lowest BCUT2D eigenvalue weighted by Crippen LogP contribution is -2.26. The lowest BCUT2D eigenvalue weighted by Gasteiger charge is -2.17. The van der Waals surface area contributed by atoms with E-state index in [0.717, 1.165) is 0 Å². The van der Waals surface area contributed by atoms with Crippen LogP contribution in [0.1, 0.15) is 19.5 Å². The van der Waals surface area contributed by atoms with Gasteiger partial charge in [0.05, 0.1) is 18.0 Å². The standard InChI is InChI=1S/C13H20N4O4/c1-5-10-11(17(19)20)12(15(3)14-10)16-6-8(2)9(7-16)13(18)21-4/h8-9H,5-7H2,1-4H3. The molecule has 1 aromatic rings. The lowest BCUT2D eigenvalue weighted by molar-refractivity contribution is -0.384. The number of aromatic nitrogens is 2. The van der Waals surface area contributed by atoms with Crippen molar-refractivity contribution in [3.05, 3.63) is 15.8 Å². The van der Waals surface area contributed by atoms with Gasteiger partial charge < -0.3 is 9.64 Å². The van der Waals surface area contributed by atoms with Crippen LogP contribution in [0, 0.1) is 22.0 Å². The minimum absolute atomic E-state index is 0.0396. The smallest absolute Gasteiger partial charge is 0.334 e. The molecule has 1 saturated heterocycles. The molecule has 2 atom stereocenters. The van der Waals surface area contributed by atoms with Crippen LogP contribution in [0.2, 0.25) is 0 Å². The number of esters is 1. The Kier molecular flexibility index (Phi) is 4.15. The Morgan fingerprint density at radius 3 is 2.71 bits per heavy atom. The van der Waals surface area contributed by atoms with Gasteiger partial charge in [0.15, 0.2) is 0 Å². The SMILES string of the molecule is CCc1nn(C)c(N2CC(C)C(C(=O)OC)C2)c1[N+](=O)[O-]. The van der Waals surface area contributed by atoms with Gasteiger partial charge in [-0.15, -0.1) is 0 Å². The highest BCUT2D eigenvalue weighted by molar-refractivity contribution is 5.75. The third kappa shape index (κ3) is 2.57. The van der Waals surface area contributed by atoms with E-state index < -0.39 is 4.92 Å². The van der Waals surface area contributed by atoms with E-state index in [4.69, 9.17) is 4.74 Å². The summed E-state index contributed by atoms with van der Waals surface area (Å²) in [5.74, 6) is 0.00671. The number of nitrogens with zero attached hydrogens (tertiary/aromatic N) is 4. The second-order valence-electron chi connectivity index (χ2n) is 5.37. The van der Waals surface area contributed by atoms with Gasteiger partial charge in [-0.3, -0.25) is 14.9 Å². The van der Waals surface area contributed by atoms with Crippen molar-refractivity contribution in [2.24, 2.45) is 18.9 Å². The fraction of sp³-hybridized carbons (Fsp3) is 0.692. The van der Waals surface area contributed by atoms with Crippen molar-refractivity contribution in [1.29, 1.82) is 0 Å². The molecule has 0 spiro atoms. The molecule has 1 aromatic heterocycles. The summed E-state index contributed by atoms with van der Waals surface area (Å²) in [6, 6.07) is 0. The maximum atomic E-state index is 11.8. The first-order valence-electron chi connectivity index (χ1n) is 6.93. The molecule has 1 aliphatic rings. The van der Waals surface area contributed by atoms with Gasteiger partial charge >= 0.3 is 11.7 Å². The largest absolute Gasteiger partial charge is 0.469 e. The zero-order chi connectivity index (χ0) is 15.7. The van der Waals surface area contributed by atoms with E-state index in [1.54, 1.807) is 7.05 Å². The molecule has 0 aliphatic carbocycles. The minimum atomic E-state index is -0.392. The van der Waals surface area contributed by atoms with Crippen molar-refractivity contribution < 1.29 is 14.5 Å². The summed E-state index contributed by atoms with van der Waals surface area (Å²) >= 11 is 0. The van der Waals surface area contributed by atoms with Crippen molar-refractivity contribution in [3.63, 3.8) is 0 Å². The maximum absolute atomic E-state index is 11.8. The first kappa shape index (κ1) is 15.3. The normalized spacial score (nSPS) is 21.6. The van der Waals surface area contributed by atoms with Gasteiger partial charge in [0, 0.05) is 20.1 Å². The van der Waals surface area contributed by atoms with Gasteiger partial charge in [-0.25, -0.2) is 4.68 Å². The molecular formula is C13H20N4O4. The molecule has 2 rings (SSSR count). The molecule has 116 valence electrons. The summed E-state index contributed by atoms with van der Waals surface area (Å²) in [5, 5.41) is 15.6. The van der Waals surface area contributed by atoms with Gasteiger partial charge in [0.25, 0.3) is 0 Å². The quantitative estimate of drug-likeness (QED) is 0.470. The van der Waals surface area contributed by atoms with Gasteiger partial charge in [-0.05, 0) is 12.3 Å². The molecule has 0 amide bonds. The zero-order valence-corrected chi connectivity index (χ0v) is 12.7. The molecule has 0 radical (unpaired) electrons. The summed E-state index contributed by atoms with van der Waals surface area (Å²) in [4.78, 5) is 24.6. The molecule has 0 N–H and O–H groups in total. The molecule has 21 heavy (non-hydrogen) atoms. The molecule has 2 heterocycles. The predicted molar refractivity (Wildman–Crippen MR) is 76.1 cm³/mol. The summed E-state index contributed by atoms with van der Waals surface area (Å²) in [5.41, 5.74) is 0.504. The number of hydrogen-bond donors (Lipinski definition) is 0. The number of hydrogen-bond acceptors (Lipinski definition) is 6. The topological polar surface area (TPSA) is 90.5 Å². The average Bonchev–Trinajstić information content (AvgIpc) is 2.97. The van der Waals surface area contributed by atoms with Crippen molar-refractivity contribution in [2.75, 3.05) is 25.1 Å². The number of nitro groups is 1. The van der Waals surface area contributed by atoms with Crippen LogP contribution in [-0.2, 0) is 23.0 Å². The number of ether oxygens (including phenoxy) is 1. The van der Waals surface area contributed by atoms with Crippen LogP contribution in [0.25, 0.3) is 0 Å². The Hall–Kier alpha value is -2.12. The predicted octanol–water partition coefficient (Wildman–Crippen LogP) is 1.14. The van der Waals surface area contributed by atoms with E-state index in [9.17, 15) is 14.9 Å². The number of methoxy groups -OCH3 is 1. The Bertz CT molecular complexity index is 569. The Labute approximate surface area is 122 Å². The molecule has 0 bridgehead atoms. The van der Waals surface area contributed by atoms with Gasteiger partial charge in [-0.2, -0.15) is 5.10 Å². The first-order valence-corrected chi connectivity index (χ1v) is 6.93. The number of rotatable bonds is 4. The third-order valence-electron chi connectivity index (χ3n) is 4.00. The fourth-order valence-electron chi connectivity index (χ4n) is 2.94. The molecule has 0 saturated carbocycles. The highest BCUT2D eigenvalue weighted by atomic mass is 16.6. The average molecular weight is 296 g/mol. The van der Waals surface area contributed by atoms with Crippen LogP contribution in [0.4, 0.5) is 11.5 Å².